The molecule has 0 radical (unpaired) electrons. The first-order valence-corrected chi connectivity index (χ1v) is 9.16. The van der Waals surface area contributed by atoms with Crippen LogP contribution in [-0.4, -0.2) is 50.8 Å². The number of piperazine rings is 1. The first kappa shape index (κ1) is 17.1. The van der Waals surface area contributed by atoms with Crippen molar-refractivity contribution >= 4 is 11.8 Å². The normalized spacial score (nSPS) is 21.2. The van der Waals surface area contributed by atoms with E-state index in [1.807, 2.05) is 0 Å². The van der Waals surface area contributed by atoms with Crippen LogP contribution < -0.4 is 10.2 Å². The minimum atomic E-state index is -0.341. The average molecular weight is 331 g/mol. The topological polar surface area (TPSA) is 44.8 Å². The van der Waals surface area contributed by atoms with Gasteiger partial charge in [-0.25, -0.2) is 4.79 Å². The van der Waals surface area contributed by atoms with Crippen LogP contribution in [0.4, 0.5) is 10.5 Å². The van der Waals surface area contributed by atoms with Crippen LogP contribution in [-0.2, 0) is 11.2 Å². The monoisotopic (exact) mass is 331 g/mol. The molecule has 1 fully saturated rings. The Labute approximate surface area is 145 Å². The van der Waals surface area contributed by atoms with E-state index in [-0.39, 0.29) is 12.1 Å². The van der Waals surface area contributed by atoms with E-state index in [9.17, 15) is 4.79 Å². The fourth-order valence-corrected chi connectivity index (χ4v) is 3.88. The lowest BCUT2D eigenvalue weighted by molar-refractivity contribution is 0.165. The lowest BCUT2D eigenvalue weighted by atomic mass is 9.87. The van der Waals surface area contributed by atoms with Crippen molar-refractivity contribution in [3.8, 4) is 0 Å². The molecule has 5 heteroatoms. The van der Waals surface area contributed by atoms with Crippen molar-refractivity contribution in [1.29, 1.82) is 0 Å². The fourth-order valence-electron chi connectivity index (χ4n) is 3.88. The van der Waals surface area contributed by atoms with Gasteiger partial charge in [-0.15, -0.1) is 0 Å². The number of alkyl carbamates (subject to hydrolysis) is 1. The maximum atomic E-state index is 11.6. The average Bonchev–Trinajstić information content (AvgIpc) is 2.62. The highest BCUT2D eigenvalue weighted by Gasteiger charge is 2.24. The number of aryl methyl sites for hydroxylation is 1. The number of nitrogens with one attached hydrogen (secondary N) is 1. The molecule has 1 aliphatic heterocycles. The van der Waals surface area contributed by atoms with Gasteiger partial charge in [-0.2, -0.15) is 0 Å². The van der Waals surface area contributed by atoms with Crippen LogP contribution in [0.15, 0.2) is 18.2 Å². The van der Waals surface area contributed by atoms with E-state index in [1.165, 1.54) is 36.9 Å². The Morgan fingerprint density at radius 1 is 1.29 bits per heavy atom. The lowest BCUT2D eigenvalue weighted by Crippen LogP contribution is -2.46. The highest BCUT2D eigenvalue weighted by Crippen LogP contribution is 2.33. The Hall–Kier alpha value is -1.75. The van der Waals surface area contributed by atoms with Crippen LogP contribution in [0.2, 0.25) is 0 Å². The number of hydrogen-bond donors (Lipinski definition) is 1. The molecular formula is C19H29N3O2. The lowest BCUT2D eigenvalue weighted by Gasteiger charge is -2.37. The van der Waals surface area contributed by atoms with Gasteiger partial charge < -0.3 is 15.0 Å². The van der Waals surface area contributed by atoms with E-state index in [0.717, 1.165) is 45.4 Å². The van der Waals surface area contributed by atoms with E-state index >= 15 is 0 Å². The number of hydrogen-bond acceptors (Lipinski definition) is 4. The number of anilines is 1. The van der Waals surface area contributed by atoms with Crippen LogP contribution in [0.3, 0.4) is 0 Å². The van der Waals surface area contributed by atoms with Crippen LogP contribution in [0, 0.1) is 0 Å². The number of carbonyl (C=O) groups is 1. The zero-order valence-corrected chi connectivity index (χ0v) is 14.9. The number of ether oxygens (including phenoxy) is 1. The summed E-state index contributed by atoms with van der Waals surface area (Å²) in [7, 11) is 1.42. The van der Waals surface area contributed by atoms with Crippen LogP contribution in [0.25, 0.3) is 0 Å². The summed E-state index contributed by atoms with van der Waals surface area (Å²) in [6.07, 6.45) is 4.07. The zero-order valence-electron chi connectivity index (χ0n) is 14.9. The van der Waals surface area contributed by atoms with Crippen molar-refractivity contribution in [3.05, 3.63) is 29.3 Å². The van der Waals surface area contributed by atoms with Crippen LogP contribution in [0.1, 0.15) is 43.4 Å². The molecule has 1 aromatic rings. The molecule has 1 aliphatic carbocycles. The van der Waals surface area contributed by atoms with Crippen molar-refractivity contribution in [3.63, 3.8) is 0 Å². The molecule has 5 nitrogen and oxygen atoms in total. The largest absolute Gasteiger partial charge is 0.453 e. The minimum absolute atomic E-state index is 0.0718. The number of benzene rings is 1. The van der Waals surface area contributed by atoms with Gasteiger partial charge in [0.2, 0.25) is 0 Å². The Morgan fingerprint density at radius 2 is 2.08 bits per heavy atom. The summed E-state index contributed by atoms with van der Waals surface area (Å²) in [4.78, 5) is 16.6. The molecule has 3 rings (SSSR count). The summed E-state index contributed by atoms with van der Waals surface area (Å²) < 4.78 is 4.78. The van der Waals surface area contributed by atoms with Gasteiger partial charge in [0.1, 0.15) is 0 Å². The molecule has 1 unspecified atom stereocenters. The van der Waals surface area contributed by atoms with Crippen LogP contribution >= 0.6 is 0 Å². The van der Waals surface area contributed by atoms with E-state index in [4.69, 9.17) is 4.74 Å². The molecule has 2 aliphatic rings. The zero-order chi connectivity index (χ0) is 16.9. The summed E-state index contributed by atoms with van der Waals surface area (Å²) in [6.45, 7) is 7.86. The molecular weight excluding hydrogens is 302 g/mol. The van der Waals surface area contributed by atoms with Gasteiger partial charge >= 0.3 is 6.09 Å². The summed E-state index contributed by atoms with van der Waals surface area (Å²) in [5.74, 6) is 0. The number of carbonyl (C=O) groups excluding carboxylic acids is 1. The molecule has 1 amide bonds. The molecule has 1 N–H and O–H groups in total. The molecule has 24 heavy (non-hydrogen) atoms. The van der Waals surface area contributed by atoms with Crippen molar-refractivity contribution in [2.45, 2.75) is 38.6 Å². The number of rotatable bonds is 4. The second kappa shape index (κ2) is 7.88. The second-order valence-corrected chi connectivity index (χ2v) is 6.79. The molecule has 132 valence electrons. The van der Waals surface area contributed by atoms with E-state index in [2.05, 4.69) is 40.2 Å². The van der Waals surface area contributed by atoms with Gasteiger partial charge in [0.25, 0.3) is 0 Å². The Kier molecular flexibility index (Phi) is 5.61. The summed E-state index contributed by atoms with van der Waals surface area (Å²) in [5, 5.41) is 2.99. The summed E-state index contributed by atoms with van der Waals surface area (Å²) in [5.41, 5.74) is 3.90. The smallest absolute Gasteiger partial charge is 0.407 e. The number of nitrogens with zero attached hydrogens (tertiary/aromatic N) is 2. The van der Waals surface area contributed by atoms with Crippen molar-refractivity contribution in [1.82, 2.24) is 10.2 Å². The summed E-state index contributed by atoms with van der Waals surface area (Å²) >= 11 is 0. The van der Waals surface area contributed by atoms with Crippen LogP contribution in [0.5, 0.6) is 0 Å². The maximum Gasteiger partial charge on any atom is 0.407 e. The van der Waals surface area contributed by atoms with E-state index < -0.39 is 0 Å². The molecule has 0 saturated carbocycles. The third-order valence-electron chi connectivity index (χ3n) is 5.20. The standard InChI is InChI=1S/C19H29N3O2/c1-3-9-21-10-12-22(13-11-21)16-8-7-15-5-4-6-18(17(15)14-16)20-19(23)24-2/h7-8,14,18H,3-6,9-13H2,1-2H3,(H,20,23). The highest BCUT2D eigenvalue weighted by molar-refractivity contribution is 5.68. The van der Waals surface area contributed by atoms with Gasteiger partial charge in [0, 0.05) is 31.9 Å². The van der Waals surface area contributed by atoms with Gasteiger partial charge in [-0.05, 0) is 55.5 Å². The molecule has 1 aromatic carbocycles. The third kappa shape index (κ3) is 3.83. The Bertz CT molecular complexity index is 568. The molecule has 1 atom stereocenters. The number of methoxy groups -OCH3 is 1. The predicted molar refractivity (Wildman–Crippen MR) is 96.6 cm³/mol. The predicted octanol–water partition coefficient (Wildman–Crippen LogP) is 2.95. The second-order valence-electron chi connectivity index (χ2n) is 6.79. The Morgan fingerprint density at radius 3 is 2.79 bits per heavy atom. The van der Waals surface area contributed by atoms with Gasteiger partial charge in [0.15, 0.2) is 0 Å². The third-order valence-corrected chi connectivity index (χ3v) is 5.20. The number of amides is 1. The van der Waals surface area contributed by atoms with Crippen molar-refractivity contribution < 1.29 is 9.53 Å². The first-order chi connectivity index (χ1) is 11.7. The van der Waals surface area contributed by atoms with E-state index in [1.54, 1.807) is 0 Å². The van der Waals surface area contributed by atoms with Crippen molar-refractivity contribution in [2.24, 2.45) is 0 Å². The minimum Gasteiger partial charge on any atom is -0.453 e. The molecule has 0 bridgehead atoms. The molecule has 0 aromatic heterocycles. The van der Waals surface area contributed by atoms with Gasteiger partial charge in [-0.1, -0.05) is 13.0 Å². The van der Waals surface area contributed by atoms with Gasteiger partial charge in [-0.3, -0.25) is 4.90 Å². The summed E-state index contributed by atoms with van der Waals surface area (Å²) in [6, 6.07) is 6.84. The SMILES string of the molecule is CCCN1CCN(c2ccc3c(c2)C(NC(=O)OC)CCC3)CC1. The quantitative estimate of drug-likeness (QED) is 0.921. The molecule has 1 saturated heterocycles. The van der Waals surface area contributed by atoms with Gasteiger partial charge in [0.05, 0.1) is 13.2 Å². The number of fused-ring (bicyclic) bond motifs is 1. The maximum absolute atomic E-state index is 11.6. The Balaban J connectivity index is 1.72. The first-order valence-electron chi connectivity index (χ1n) is 9.16. The molecule has 1 heterocycles. The highest BCUT2D eigenvalue weighted by atomic mass is 16.5. The van der Waals surface area contributed by atoms with Crippen molar-refractivity contribution in [2.75, 3.05) is 44.7 Å². The van der Waals surface area contributed by atoms with E-state index in [0.29, 0.717) is 0 Å². The fraction of sp³-hybridized carbons (Fsp3) is 0.632. The molecule has 0 spiro atoms.